The van der Waals surface area contributed by atoms with Gasteiger partial charge in [0.05, 0.1) is 28.3 Å². The summed E-state index contributed by atoms with van der Waals surface area (Å²) in [5.74, 6) is 2.87. The van der Waals surface area contributed by atoms with Gasteiger partial charge in [-0.25, -0.2) is 18.4 Å². The summed E-state index contributed by atoms with van der Waals surface area (Å²) in [5, 5.41) is 4.18. The normalized spacial score (nSPS) is 21.0. The maximum Gasteiger partial charge on any atom is 0.264 e. The Morgan fingerprint density at radius 1 is 1.21 bits per heavy atom. The number of nitrogens with one attached hydrogen (secondary N) is 1. The minimum Gasteiger partial charge on any atom is -0.465 e. The molecular formula is C22H27N5O4S2. The molecular weight excluding hydrogens is 462 g/mol. The number of furan rings is 1. The van der Waals surface area contributed by atoms with Crippen molar-refractivity contribution in [1.82, 2.24) is 19.8 Å². The van der Waals surface area contributed by atoms with Crippen molar-refractivity contribution >= 4 is 43.1 Å². The summed E-state index contributed by atoms with van der Waals surface area (Å²) < 4.78 is 29.2. The predicted molar refractivity (Wildman–Crippen MR) is 127 cm³/mol. The molecule has 1 unspecified atom stereocenters. The fourth-order valence-electron chi connectivity index (χ4n) is 4.66. The molecule has 176 valence electrons. The molecule has 1 N–H and O–H groups in total. The number of nitrogens with zero attached hydrogens (tertiary/aromatic N) is 4. The summed E-state index contributed by atoms with van der Waals surface area (Å²) in [6.45, 7) is 6.93. The van der Waals surface area contributed by atoms with Gasteiger partial charge in [0.2, 0.25) is 0 Å². The third kappa shape index (κ3) is 4.49. The van der Waals surface area contributed by atoms with Crippen LogP contribution >= 0.6 is 11.3 Å². The molecule has 2 aliphatic heterocycles. The number of carbonyl (C=O) groups is 1. The molecule has 5 heterocycles. The van der Waals surface area contributed by atoms with Gasteiger partial charge < -0.3 is 14.6 Å². The van der Waals surface area contributed by atoms with Gasteiger partial charge in [-0.2, -0.15) is 0 Å². The Morgan fingerprint density at radius 2 is 2.00 bits per heavy atom. The number of piperazine rings is 1. The fourth-order valence-corrected chi connectivity index (χ4v) is 7.54. The van der Waals surface area contributed by atoms with Gasteiger partial charge >= 0.3 is 0 Å². The first kappa shape index (κ1) is 22.3. The van der Waals surface area contributed by atoms with Crippen molar-refractivity contribution in [3.05, 3.63) is 40.4 Å². The van der Waals surface area contributed by atoms with E-state index >= 15 is 0 Å². The van der Waals surface area contributed by atoms with E-state index in [1.165, 1.54) is 17.7 Å². The number of thiophene rings is 1. The Morgan fingerprint density at radius 3 is 2.67 bits per heavy atom. The highest BCUT2D eigenvalue weighted by atomic mass is 32.2. The molecule has 1 amide bonds. The number of carbonyl (C=O) groups excluding carboxylic acids is 1. The van der Waals surface area contributed by atoms with Gasteiger partial charge in [-0.1, -0.05) is 0 Å². The summed E-state index contributed by atoms with van der Waals surface area (Å²) in [6.07, 6.45) is 2.20. The smallest absolute Gasteiger partial charge is 0.264 e. The molecule has 0 bridgehead atoms. The van der Waals surface area contributed by atoms with Crippen LogP contribution in [0.5, 0.6) is 0 Å². The first-order chi connectivity index (χ1) is 15.8. The summed E-state index contributed by atoms with van der Waals surface area (Å²) >= 11 is 1.39. The van der Waals surface area contributed by atoms with Gasteiger partial charge in [0.15, 0.2) is 9.84 Å². The van der Waals surface area contributed by atoms with E-state index in [1.54, 1.807) is 0 Å². The zero-order valence-corrected chi connectivity index (χ0v) is 20.3. The van der Waals surface area contributed by atoms with Crippen LogP contribution in [-0.4, -0.2) is 77.8 Å². The van der Waals surface area contributed by atoms with Crippen LogP contribution in [0.2, 0.25) is 0 Å². The fraction of sp³-hybridized carbons (Fsp3) is 0.500. The number of sulfone groups is 1. The molecule has 33 heavy (non-hydrogen) atoms. The van der Waals surface area contributed by atoms with Crippen LogP contribution in [0.25, 0.3) is 10.2 Å². The quantitative estimate of drug-likeness (QED) is 0.582. The number of aryl methyl sites for hydroxylation is 2. The van der Waals surface area contributed by atoms with Gasteiger partial charge in [-0.15, -0.1) is 11.3 Å². The Hall–Kier alpha value is -2.50. The van der Waals surface area contributed by atoms with Gasteiger partial charge in [0.25, 0.3) is 5.91 Å². The van der Waals surface area contributed by atoms with E-state index in [0.717, 1.165) is 27.3 Å². The second-order valence-corrected chi connectivity index (χ2v) is 11.9. The number of rotatable bonds is 5. The van der Waals surface area contributed by atoms with Gasteiger partial charge in [0.1, 0.15) is 28.5 Å². The number of hydrogen-bond donors (Lipinski definition) is 1. The molecule has 2 fully saturated rings. The average Bonchev–Trinajstić information content (AvgIpc) is 3.49. The van der Waals surface area contributed by atoms with E-state index < -0.39 is 9.84 Å². The minimum atomic E-state index is -2.91. The first-order valence-corrected chi connectivity index (χ1v) is 13.7. The maximum absolute atomic E-state index is 13.4. The number of fused-ring (bicyclic) bond motifs is 1. The van der Waals surface area contributed by atoms with Crippen molar-refractivity contribution in [3.63, 3.8) is 0 Å². The Kier molecular flexibility index (Phi) is 5.87. The van der Waals surface area contributed by atoms with E-state index in [2.05, 4.69) is 20.2 Å². The van der Waals surface area contributed by atoms with Crippen LogP contribution in [0.15, 0.2) is 22.9 Å². The van der Waals surface area contributed by atoms with Crippen LogP contribution in [0.1, 0.15) is 33.2 Å². The van der Waals surface area contributed by atoms with Crippen LogP contribution < -0.4 is 5.32 Å². The lowest BCUT2D eigenvalue weighted by Gasteiger charge is -2.37. The zero-order chi connectivity index (χ0) is 23.2. The predicted octanol–water partition coefficient (Wildman–Crippen LogP) is 2.46. The Balaban J connectivity index is 1.29. The molecule has 9 nitrogen and oxygen atoms in total. The van der Waals surface area contributed by atoms with Crippen molar-refractivity contribution in [2.45, 2.75) is 32.9 Å². The van der Waals surface area contributed by atoms with Crippen LogP contribution in [0.3, 0.4) is 0 Å². The molecule has 3 aromatic heterocycles. The van der Waals surface area contributed by atoms with Crippen LogP contribution in [0, 0.1) is 13.8 Å². The highest BCUT2D eigenvalue weighted by molar-refractivity contribution is 7.91. The van der Waals surface area contributed by atoms with Crippen molar-refractivity contribution in [3.8, 4) is 0 Å². The first-order valence-electron chi connectivity index (χ1n) is 11.1. The molecule has 2 saturated heterocycles. The second kappa shape index (κ2) is 8.69. The third-order valence-electron chi connectivity index (χ3n) is 6.47. The number of anilines is 1. The topological polar surface area (TPSA) is 109 Å². The molecule has 0 saturated carbocycles. The molecule has 0 aliphatic carbocycles. The highest BCUT2D eigenvalue weighted by Crippen LogP contribution is 2.34. The van der Waals surface area contributed by atoms with E-state index in [4.69, 9.17) is 4.42 Å². The zero-order valence-electron chi connectivity index (χ0n) is 18.7. The number of hydrogen-bond acceptors (Lipinski definition) is 9. The van der Waals surface area contributed by atoms with Crippen LogP contribution in [-0.2, 0) is 16.4 Å². The monoisotopic (exact) mass is 489 g/mol. The lowest BCUT2D eigenvalue weighted by molar-refractivity contribution is 0.0592. The summed E-state index contributed by atoms with van der Waals surface area (Å²) in [6, 6.07) is 3.93. The number of amides is 1. The van der Waals surface area contributed by atoms with E-state index in [-0.39, 0.29) is 23.5 Å². The molecule has 11 heteroatoms. The van der Waals surface area contributed by atoms with Gasteiger partial charge in [-0.3, -0.25) is 9.69 Å². The minimum absolute atomic E-state index is 0.00167. The largest absolute Gasteiger partial charge is 0.465 e. The Labute approximate surface area is 196 Å². The molecule has 5 rings (SSSR count). The molecule has 2 aliphatic rings. The number of aromatic nitrogens is 2. The SMILES string of the molecule is Cc1ccc(CNc2ncnc3sc(C(=O)N4CCN(C5CCS(=O)(=O)C5)CC4)c(C)c23)o1. The van der Waals surface area contributed by atoms with E-state index in [0.29, 0.717) is 49.8 Å². The molecule has 0 aromatic carbocycles. The third-order valence-corrected chi connectivity index (χ3v) is 9.41. The summed E-state index contributed by atoms with van der Waals surface area (Å²) in [7, 11) is -2.91. The van der Waals surface area contributed by atoms with Crippen molar-refractivity contribution < 1.29 is 17.6 Å². The van der Waals surface area contributed by atoms with Crippen molar-refractivity contribution in [2.24, 2.45) is 0 Å². The van der Waals surface area contributed by atoms with Gasteiger partial charge in [0, 0.05) is 32.2 Å². The summed E-state index contributed by atoms with van der Waals surface area (Å²) in [5.41, 5.74) is 0.878. The lowest BCUT2D eigenvalue weighted by atomic mass is 10.1. The van der Waals surface area contributed by atoms with E-state index in [1.807, 2.05) is 30.9 Å². The molecule has 0 spiro atoms. The van der Waals surface area contributed by atoms with Crippen molar-refractivity contribution in [2.75, 3.05) is 43.0 Å². The molecule has 1 atom stereocenters. The Bertz CT molecular complexity index is 1290. The lowest BCUT2D eigenvalue weighted by Crippen LogP contribution is -2.52. The summed E-state index contributed by atoms with van der Waals surface area (Å²) in [4.78, 5) is 27.7. The highest BCUT2D eigenvalue weighted by Gasteiger charge is 2.35. The average molecular weight is 490 g/mol. The van der Waals surface area contributed by atoms with Crippen LogP contribution in [0.4, 0.5) is 5.82 Å². The van der Waals surface area contributed by atoms with E-state index in [9.17, 15) is 13.2 Å². The molecule has 3 aromatic rings. The molecule has 0 radical (unpaired) electrons. The van der Waals surface area contributed by atoms with Crippen molar-refractivity contribution in [1.29, 1.82) is 0 Å². The second-order valence-electron chi connectivity index (χ2n) is 8.71. The standard InChI is InChI=1S/C22H27N5O4S2/c1-14-3-4-17(31-14)11-23-20-18-15(2)19(32-21(18)25-13-24-20)22(28)27-8-6-26(7-9-27)16-5-10-33(29,30)12-16/h3-4,13,16H,5-12H2,1-2H3,(H,23,24,25). The van der Waals surface area contributed by atoms with Gasteiger partial charge in [-0.05, 0) is 38.0 Å². The maximum atomic E-state index is 13.4.